The molecule has 1 heterocycles. The van der Waals surface area contributed by atoms with Crippen molar-refractivity contribution < 1.29 is 4.74 Å². The highest BCUT2D eigenvalue weighted by molar-refractivity contribution is 5.33. The van der Waals surface area contributed by atoms with E-state index >= 15 is 0 Å². The van der Waals surface area contributed by atoms with Crippen molar-refractivity contribution in [3.8, 4) is 11.8 Å². The molecule has 0 aliphatic rings. The van der Waals surface area contributed by atoms with E-state index < -0.39 is 0 Å². The van der Waals surface area contributed by atoms with Gasteiger partial charge < -0.3 is 10.5 Å². The van der Waals surface area contributed by atoms with Gasteiger partial charge in [0.2, 0.25) is 0 Å². The zero-order valence-electron chi connectivity index (χ0n) is 9.84. The standard InChI is InChI=1S/C14H13N3O/c15-8-12-3-1-2-4-14(12)18-10-11-5-6-17-13(7-11)9-16/h1-7H,8,10,15H2. The Labute approximate surface area is 106 Å². The van der Waals surface area contributed by atoms with Crippen LogP contribution in [0.2, 0.25) is 0 Å². The largest absolute Gasteiger partial charge is 0.489 e. The lowest BCUT2D eigenvalue weighted by Gasteiger charge is -2.10. The predicted octanol–water partition coefficient (Wildman–Crippen LogP) is 1.99. The minimum Gasteiger partial charge on any atom is -0.489 e. The van der Waals surface area contributed by atoms with Crippen LogP contribution in [0.4, 0.5) is 0 Å². The fourth-order valence-corrected chi connectivity index (χ4v) is 1.60. The molecule has 1 aromatic heterocycles. The van der Waals surface area contributed by atoms with Crippen molar-refractivity contribution in [1.82, 2.24) is 4.98 Å². The van der Waals surface area contributed by atoms with Crippen LogP contribution in [0.1, 0.15) is 16.8 Å². The molecule has 4 heteroatoms. The molecule has 2 N–H and O–H groups in total. The minimum atomic E-state index is 0.392. The average molecular weight is 239 g/mol. The predicted molar refractivity (Wildman–Crippen MR) is 67.6 cm³/mol. The van der Waals surface area contributed by atoms with E-state index in [0.717, 1.165) is 16.9 Å². The highest BCUT2D eigenvalue weighted by atomic mass is 16.5. The van der Waals surface area contributed by atoms with Crippen LogP contribution in [0.5, 0.6) is 5.75 Å². The molecular weight excluding hydrogens is 226 g/mol. The lowest BCUT2D eigenvalue weighted by atomic mass is 10.2. The van der Waals surface area contributed by atoms with E-state index in [0.29, 0.717) is 18.8 Å². The summed E-state index contributed by atoms with van der Waals surface area (Å²) in [6.45, 7) is 0.837. The number of pyridine rings is 1. The first kappa shape index (κ1) is 12.1. The summed E-state index contributed by atoms with van der Waals surface area (Å²) in [6.07, 6.45) is 1.60. The molecule has 0 aliphatic carbocycles. The number of aromatic nitrogens is 1. The zero-order chi connectivity index (χ0) is 12.8. The van der Waals surface area contributed by atoms with Crippen LogP contribution >= 0.6 is 0 Å². The van der Waals surface area contributed by atoms with E-state index in [9.17, 15) is 0 Å². The van der Waals surface area contributed by atoms with Gasteiger partial charge in [0.15, 0.2) is 0 Å². The maximum Gasteiger partial charge on any atom is 0.140 e. The first-order valence-corrected chi connectivity index (χ1v) is 5.59. The summed E-state index contributed by atoms with van der Waals surface area (Å²) in [7, 11) is 0. The fourth-order valence-electron chi connectivity index (χ4n) is 1.60. The number of hydrogen-bond donors (Lipinski definition) is 1. The van der Waals surface area contributed by atoms with Crippen molar-refractivity contribution in [2.24, 2.45) is 5.73 Å². The summed E-state index contributed by atoms with van der Waals surface area (Å²) in [4.78, 5) is 3.91. The first-order chi connectivity index (χ1) is 8.83. The van der Waals surface area contributed by atoms with E-state index in [1.54, 1.807) is 12.3 Å². The third kappa shape index (κ3) is 2.84. The quantitative estimate of drug-likeness (QED) is 0.885. The monoisotopic (exact) mass is 239 g/mol. The zero-order valence-corrected chi connectivity index (χ0v) is 9.84. The average Bonchev–Trinajstić information content (AvgIpc) is 2.45. The topological polar surface area (TPSA) is 71.9 Å². The smallest absolute Gasteiger partial charge is 0.140 e. The van der Waals surface area contributed by atoms with Crippen LogP contribution in [0.15, 0.2) is 42.6 Å². The Morgan fingerprint density at radius 3 is 2.89 bits per heavy atom. The normalized spacial score (nSPS) is 9.78. The molecule has 18 heavy (non-hydrogen) atoms. The van der Waals surface area contributed by atoms with Gasteiger partial charge in [0.25, 0.3) is 0 Å². The summed E-state index contributed by atoms with van der Waals surface area (Å²) in [5.41, 5.74) is 7.90. The number of nitriles is 1. The summed E-state index contributed by atoms with van der Waals surface area (Å²) >= 11 is 0. The summed E-state index contributed by atoms with van der Waals surface area (Å²) in [5, 5.41) is 8.76. The van der Waals surface area contributed by atoms with Crippen LogP contribution in [0, 0.1) is 11.3 Å². The van der Waals surface area contributed by atoms with Crippen molar-refractivity contribution in [2.75, 3.05) is 0 Å². The Balaban J connectivity index is 2.09. The third-order valence-corrected chi connectivity index (χ3v) is 2.53. The third-order valence-electron chi connectivity index (χ3n) is 2.53. The molecule has 1 aromatic carbocycles. The van der Waals surface area contributed by atoms with Crippen LogP contribution in [-0.2, 0) is 13.2 Å². The van der Waals surface area contributed by atoms with Crippen LogP contribution in [-0.4, -0.2) is 4.98 Å². The molecule has 0 atom stereocenters. The van der Waals surface area contributed by atoms with E-state index in [1.165, 1.54) is 0 Å². The van der Waals surface area contributed by atoms with Gasteiger partial charge >= 0.3 is 0 Å². The van der Waals surface area contributed by atoms with Crippen molar-refractivity contribution in [3.63, 3.8) is 0 Å². The lowest BCUT2D eigenvalue weighted by molar-refractivity contribution is 0.303. The van der Waals surface area contributed by atoms with E-state index in [2.05, 4.69) is 4.98 Å². The molecule has 0 amide bonds. The highest BCUT2D eigenvalue weighted by Gasteiger charge is 2.02. The molecule has 0 fully saturated rings. The first-order valence-electron chi connectivity index (χ1n) is 5.59. The van der Waals surface area contributed by atoms with Gasteiger partial charge in [-0.3, -0.25) is 0 Å². The van der Waals surface area contributed by atoms with Gasteiger partial charge in [-0.25, -0.2) is 4.98 Å². The second-order valence-electron chi connectivity index (χ2n) is 3.76. The number of nitrogens with two attached hydrogens (primary N) is 1. The molecule has 90 valence electrons. The Hall–Kier alpha value is -2.38. The Kier molecular flexibility index (Phi) is 3.90. The van der Waals surface area contributed by atoms with Crippen molar-refractivity contribution in [3.05, 3.63) is 59.4 Å². The van der Waals surface area contributed by atoms with Gasteiger partial charge in [0.1, 0.15) is 24.1 Å². The van der Waals surface area contributed by atoms with Crippen molar-refractivity contribution in [2.45, 2.75) is 13.2 Å². The van der Waals surface area contributed by atoms with Crippen LogP contribution in [0.3, 0.4) is 0 Å². The molecule has 0 radical (unpaired) electrons. The summed E-state index contributed by atoms with van der Waals surface area (Å²) in [5.74, 6) is 0.773. The molecular formula is C14H13N3O. The van der Waals surface area contributed by atoms with Gasteiger partial charge in [-0.1, -0.05) is 18.2 Å². The van der Waals surface area contributed by atoms with Gasteiger partial charge in [-0.15, -0.1) is 0 Å². The summed E-state index contributed by atoms with van der Waals surface area (Å²) < 4.78 is 5.70. The van der Waals surface area contributed by atoms with Gasteiger partial charge in [0.05, 0.1) is 0 Å². The van der Waals surface area contributed by atoms with Gasteiger partial charge in [-0.2, -0.15) is 5.26 Å². The molecule has 2 aromatic rings. The molecule has 0 saturated heterocycles. The number of nitrogens with zero attached hydrogens (tertiary/aromatic N) is 2. The van der Waals surface area contributed by atoms with Gasteiger partial charge in [0, 0.05) is 18.3 Å². The Morgan fingerprint density at radius 2 is 2.11 bits per heavy atom. The number of rotatable bonds is 4. The number of ether oxygens (including phenoxy) is 1. The second-order valence-corrected chi connectivity index (χ2v) is 3.76. The molecule has 4 nitrogen and oxygen atoms in total. The van der Waals surface area contributed by atoms with E-state index in [-0.39, 0.29) is 0 Å². The molecule has 0 saturated carbocycles. The minimum absolute atomic E-state index is 0.392. The maximum absolute atomic E-state index is 8.76. The lowest BCUT2D eigenvalue weighted by Crippen LogP contribution is -2.02. The van der Waals surface area contributed by atoms with Crippen LogP contribution in [0.25, 0.3) is 0 Å². The van der Waals surface area contributed by atoms with E-state index in [4.69, 9.17) is 15.7 Å². The summed E-state index contributed by atoms with van der Waals surface area (Å²) in [6, 6.07) is 13.2. The molecule has 0 unspecified atom stereocenters. The number of benzene rings is 1. The number of para-hydroxylation sites is 1. The van der Waals surface area contributed by atoms with Crippen LogP contribution < -0.4 is 10.5 Å². The molecule has 0 spiro atoms. The molecule has 0 aliphatic heterocycles. The van der Waals surface area contributed by atoms with Crippen molar-refractivity contribution >= 4 is 0 Å². The highest BCUT2D eigenvalue weighted by Crippen LogP contribution is 2.18. The number of hydrogen-bond acceptors (Lipinski definition) is 4. The van der Waals surface area contributed by atoms with E-state index in [1.807, 2.05) is 36.4 Å². The van der Waals surface area contributed by atoms with Crippen molar-refractivity contribution in [1.29, 1.82) is 5.26 Å². The Bertz CT molecular complexity index is 575. The van der Waals surface area contributed by atoms with Gasteiger partial charge in [-0.05, 0) is 23.8 Å². The second kappa shape index (κ2) is 5.80. The molecule has 0 bridgehead atoms. The SMILES string of the molecule is N#Cc1cc(COc2ccccc2CN)ccn1. The Morgan fingerprint density at radius 1 is 1.28 bits per heavy atom. The fraction of sp³-hybridized carbons (Fsp3) is 0.143. The molecule has 2 rings (SSSR count). The maximum atomic E-state index is 8.76.